The maximum Gasteiger partial charge on any atom is 0.417 e. The van der Waals surface area contributed by atoms with Crippen LogP contribution in [0.15, 0.2) is 24.5 Å². The molecule has 2 aromatic rings. The first-order valence-electron chi connectivity index (χ1n) is 7.86. The highest BCUT2D eigenvalue weighted by Gasteiger charge is 2.33. The highest BCUT2D eigenvalue weighted by atomic mass is 35.5. The summed E-state index contributed by atoms with van der Waals surface area (Å²) in [6, 6.07) is 3.12. The first-order chi connectivity index (χ1) is 12.6. The van der Waals surface area contributed by atoms with Gasteiger partial charge in [-0.1, -0.05) is 35.0 Å². The minimum atomic E-state index is -4.55. The zero-order valence-electron chi connectivity index (χ0n) is 14.3. The van der Waals surface area contributed by atoms with Crippen LogP contribution in [0, 0.1) is 11.8 Å². The molecule has 0 aliphatic carbocycles. The van der Waals surface area contributed by atoms with Gasteiger partial charge >= 0.3 is 6.18 Å². The van der Waals surface area contributed by atoms with E-state index in [0.29, 0.717) is 0 Å². The molecule has 27 heavy (non-hydrogen) atoms. The highest BCUT2D eigenvalue weighted by Crippen LogP contribution is 2.33. The molecule has 0 fully saturated rings. The van der Waals surface area contributed by atoms with E-state index >= 15 is 0 Å². The average Bonchev–Trinajstić information content (AvgIpc) is 2.57. The number of nitrogens with zero attached hydrogens (tertiary/aromatic N) is 2. The average molecular weight is 420 g/mol. The summed E-state index contributed by atoms with van der Waals surface area (Å²) in [5.74, 6) is 5.45. The third kappa shape index (κ3) is 5.72. The van der Waals surface area contributed by atoms with Crippen molar-refractivity contribution in [1.29, 1.82) is 0 Å². The van der Waals surface area contributed by atoms with E-state index in [4.69, 9.17) is 23.2 Å². The minimum absolute atomic E-state index is 0.0146. The van der Waals surface area contributed by atoms with Crippen molar-refractivity contribution in [3.8, 4) is 11.8 Å². The largest absolute Gasteiger partial charge is 0.417 e. The molecule has 0 radical (unpaired) electrons. The zero-order chi connectivity index (χ0) is 20.2. The lowest BCUT2D eigenvalue weighted by molar-refractivity contribution is -0.137. The number of benzene rings is 1. The van der Waals surface area contributed by atoms with Crippen LogP contribution in [0.5, 0.6) is 0 Å². The predicted molar refractivity (Wildman–Crippen MR) is 97.6 cm³/mol. The third-order valence-corrected chi connectivity index (χ3v) is 4.10. The Morgan fingerprint density at radius 2 is 1.89 bits per heavy atom. The van der Waals surface area contributed by atoms with Gasteiger partial charge in [0.15, 0.2) is 0 Å². The predicted octanol–water partition coefficient (Wildman–Crippen LogP) is 6.07. The highest BCUT2D eigenvalue weighted by molar-refractivity contribution is 6.33. The normalized spacial score (nSPS) is 13.5. The Hall–Kier alpha value is -2.04. The standard InChI is InChI=1S/C18H15Cl2F4N3/c1-10(27-17-15(20)16(11(2)21)25-9-26-17)4-3-5-12-6-7-13(19)8-14(12)18(22,23)24/h6-11H,4H2,1-2H3,(H,25,26,27). The molecule has 1 heterocycles. The molecule has 0 saturated heterocycles. The fourth-order valence-corrected chi connectivity index (χ4v) is 2.68. The summed E-state index contributed by atoms with van der Waals surface area (Å²) in [4.78, 5) is 7.74. The van der Waals surface area contributed by atoms with Crippen LogP contribution in [0.25, 0.3) is 0 Å². The molecule has 1 aromatic heterocycles. The maximum atomic E-state index is 13.4. The van der Waals surface area contributed by atoms with Crippen LogP contribution in [-0.2, 0) is 6.18 Å². The van der Waals surface area contributed by atoms with E-state index in [2.05, 4.69) is 27.1 Å². The number of aromatic nitrogens is 2. The number of halogens is 6. The van der Waals surface area contributed by atoms with Gasteiger partial charge in [0.1, 0.15) is 23.3 Å². The Balaban J connectivity index is 2.13. The Morgan fingerprint density at radius 1 is 1.19 bits per heavy atom. The topological polar surface area (TPSA) is 37.8 Å². The molecule has 0 amide bonds. The number of rotatable bonds is 4. The smallest absolute Gasteiger partial charge is 0.365 e. The quantitative estimate of drug-likeness (QED) is 0.482. The van der Waals surface area contributed by atoms with E-state index in [9.17, 15) is 17.6 Å². The van der Waals surface area contributed by atoms with Crippen molar-refractivity contribution in [2.24, 2.45) is 0 Å². The molecule has 0 bridgehead atoms. The Labute approximate surface area is 164 Å². The number of hydrogen-bond donors (Lipinski definition) is 1. The van der Waals surface area contributed by atoms with E-state index < -0.39 is 17.9 Å². The minimum Gasteiger partial charge on any atom is -0.365 e. The van der Waals surface area contributed by atoms with Gasteiger partial charge in [0.25, 0.3) is 0 Å². The van der Waals surface area contributed by atoms with Gasteiger partial charge in [0.05, 0.1) is 11.3 Å². The molecular formula is C18H15Cl2F4N3. The van der Waals surface area contributed by atoms with Gasteiger partial charge < -0.3 is 5.32 Å². The molecule has 144 valence electrons. The first-order valence-corrected chi connectivity index (χ1v) is 8.61. The molecule has 9 heteroatoms. The van der Waals surface area contributed by atoms with E-state index in [-0.39, 0.29) is 39.6 Å². The van der Waals surface area contributed by atoms with E-state index in [1.54, 1.807) is 6.92 Å². The van der Waals surface area contributed by atoms with Crippen molar-refractivity contribution in [3.05, 3.63) is 51.4 Å². The van der Waals surface area contributed by atoms with Gasteiger partial charge in [-0.15, -0.1) is 0 Å². The Bertz CT molecular complexity index is 873. The van der Waals surface area contributed by atoms with Crippen LogP contribution in [0.4, 0.5) is 23.4 Å². The summed E-state index contributed by atoms with van der Waals surface area (Å²) in [5.41, 5.74) is -0.986. The summed E-state index contributed by atoms with van der Waals surface area (Å²) >= 11 is 11.7. The Kier molecular flexibility index (Phi) is 6.90. The van der Waals surface area contributed by atoms with Crippen LogP contribution in [0.1, 0.15) is 43.3 Å². The first kappa shape index (κ1) is 21.3. The molecule has 0 aliphatic rings. The van der Waals surface area contributed by atoms with Crippen LogP contribution >= 0.6 is 23.2 Å². The molecule has 2 atom stereocenters. The fourth-order valence-electron chi connectivity index (χ4n) is 2.21. The van der Waals surface area contributed by atoms with Crippen molar-refractivity contribution in [2.75, 3.05) is 5.32 Å². The molecule has 0 spiro atoms. The summed E-state index contributed by atoms with van der Waals surface area (Å²) in [7, 11) is 0. The van der Waals surface area contributed by atoms with Gasteiger partial charge in [0, 0.05) is 23.0 Å². The van der Waals surface area contributed by atoms with Crippen molar-refractivity contribution >= 4 is 29.0 Å². The van der Waals surface area contributed by atoms with Crippen molar-refractivity contribution in [2.45, 2.75) is 38.7 Å². The van der Waals surface area contributed by atoms with Gasteiger partial charge in [0.2, 0.25) is 0 Å². The molecule has 2 rings (SSSR count). The van der Waals surface area contributed by atoms with Crippen molar-refractivity contribution in [1.82, 2.24) is 9.97 Å². The monoisotopic (exact) mass is 419 g/mol. The van der Waals surface area contributed by atoms with E-state index in [0.717, 1.165) is 6.07 Å². The van der Waals surface area contributed by atoms with Crippen molar-refractivity contribution < 1.29 is 17.6 Å². The SMILES string of the molecule is CC(CC#Cc1ccc(Cl)cc1C(F)(F)F)Nc1ncnc(C(C)F)c1Cl. The van der Waals surface area contributed by atoms with Gasteiger partial charge in [-0.3, -0.25) is 0 Å². The van der Waals surface area contributed by atoms with Crippen LogP contribution in [-0.4, -0.2) is 16.0 Å². The molecule has 1 N–H and O–H groups in total. The molecule has 3 nitrogen and oxygen atoms in total. The van der Waals surface area contributed by atoms with Crippen LogP contribution in [0.2, 0.25) is 10.0 Å². The van der Waals surface area contributed by atoms with Gasteiger partial charge in [-0.2, -0.15) is 13.2 Å². The third-order valence-electron chi connectivity index (χ3n) is 3.49. The molecule has 0 saturated carbocycles. The number of nitrogens with one attached hydrogen (secondary N) is 1. The van der Waals surface area contributed by atoms with Crippen LogP contribution < -0.4 is 5.32 Å². The second-order valence-corrected chi connectivity index (χ2v) is 6.59. The second kappa shape index (κ2) is 8.77. The fraction of sp³-hybridized carbons (Fsp3) is 0.333. The van der Waals surface area contributed by atoms with E-state index in [1.807, 2.05) is 0 Å². The summed E-state index contributed by atoms with van der Waals surface area (Å²) in [6.07, 6.45) is -4.52. The van der Waals surface area contributed by atoms with Gasteiger partial charge in [-0.05, 0) is 32.0 Å². The number of anilines is 1. The molecular weight excluding hydrogens is 405 g/mol. The lowest BCUT2D eigenvalue weighted by atomic mass is 10.1. The summed E-state index contributed by atoms with van der Waals surface area (Å²) in [5, 5.41) is 3.00. The lowest BCUT2D eigenvalue weighted by Crippen LogP contribution is -2.16. The molecule has 0 aliphatic heterocycles. The maximum absolute atomic E-state index is 13.4. The van der Waals surface area contributed by atoms with Gasteiger partial charge in [-0.25, -0.2) is 14.4 Å². The summed E-state index contributed by atoms with van der Waals surface area (Å²) in [6.45, 7) is 3.05. The van der Waals surface area contributed by atoms with Crippen LogP contribution in [0.3, 0.4) is 0 Å². The number of hydrogen-bond acceptors (Lipinski definition) is 3. The van der Waals surface area contributed by atoms with E-state index in [1.165, 1.54) is 25.4 Å². The number of alkyl halides is 4. The zero-order valence-corrected chi connectivity index (χ0v) is 15.8. The molecule has 2 unspecified atom stereocenters. The molecule has 1 aromatic carbocycles. The van der Waals surface area contributed by atoms with Crippen molar-refractivity contribution in [3.63, 3.8) is 0 Å². The summed E-state index contributed by atoms with van der Waals surface area (Å²) < 4.78 is 52.6. The second-order valence-electron chi connectivity index (χ2n) is 5.78. The Morgan fingerprint density at radius 3 is 2.52 bits per heavy atom. The lowest BCUT2D eigenvalue weighted by Gasteiger charge is -2.14.